The van der Waals surface area contributed by atoms with E-state index < -0.39 is 11.6 Å². The predicted octanol–water partition coefficient (Wildman–Crippen LogP) is 8.51. The van der Waals surface area contributed by atoms with Gasteiger partial charge in [-0.3, -0.25) is 0 Å². The molecule has 45 heavy (non-hydrogen) atoms. The van der Waals surface area contributed by atoms with Crippen molar-refractivity contribution in [3.8, 4) is 11.7 Å². The molecular formula is C33H46F3N7OS. The highest BCUT2D eigenvalue weighted by molar-refractivity contribution is 7.97. The molecule has 5 heterocycles. The van der Waals surface area contributed by atoms with Crippen LogP contribution in [-0.2, 0) is 0 Å². The van der Waals surface area contributed by atoms with E-state index in [2.05, 4.69) is 47.4 Å². The van der Waals surface area contributed by atoms with Crippen LogP contribution in [0.15, 0.2) is 54.2 Å². The van der Waals surface area contributed by atoms with E-state index in [1.165, 1.54) is 25.8 Å². The number of fused-ring (bicyclic) bond motifs is 6. The van der Waals surface area contributed by atoms with Crippen molar-refractivity contribution in [3.63, 3.8) is 0 Å². The molecule has 1 fully saturated rings. The fraction of sp³-hybridized carbons (Fsp3) is 0.545. The first-order valence-electron chi connectivity index (χ1n) is 15.6. The van der Waals surface area contributed by atoms with Crippen LogP contribution in [0.2, 0.25) is 0 Å². The number of halogens is 3. The van der Waals surface area contributed by atoms with Gasteiger partial charge < -0.3 is 19.7 Å². The average Bonchev–Trinajstić information content (AvgIpc) is 3.58. The maximum Gasteiger partial charge on any atom is 0.394 e. The third kappa shape index (κ3) is 8.25. The molecule has 0 amide bonds. The number of nitrogens with one attached hydrogen (secondary N) is 2. The van der Waals surface area contributed by atoms with Crippen LogP contribution < -0.4 is 19.7 Å². The molecule has 12 heteroatoms. The minimum absolute atomic E-state index is 0.0977. The van der Waals surface area contributed by atoms with Crippen molar-refractivity contribution in [2.45, 2.75) is 96.9 Å². The van der Waals surface area contributed by atoms with Crippen LogP contribution >= 0.6 is 11.9 Å². The third-order valence-corrected chi connectivity index (χ3v) is 9.13. The largest absolute Gasteiger partial charge is 0.477 e. The number of pyridine rings is 2. The number of aromatic nitrogens is 4. The lowest BCUT2D eigenvalue weighted by molar-refractivity contribution is -0.215. The zero-order valence-electron chi connectivity index (χ0n) is 27.3. The molecule has 246 valence electrons. The third-order valence-electron chi connectivity index (χ3n) is 8.35. The van der Waals surface area contributed by atoms with Crippen LogP contribution in [0.5, 0.6) is 5.88 Å². The van der Waals surface area contributed by atoms with Crippen LogP contribution in [0.25, 0.3) is 11.5 Å². The molecule has 3 aromatic heterocycles. The van der Waals surface area contributed by atoms with Gasteiger partial charge in [0.25, 0.3) is 0 Å². The fourth-order valence-corrected chi connectivity index (χ4v) is 6.18. The summed E-state index contributed by atoms with van der Waals surface area (Å²) in [5.74, 6) is 2.97. The summed E-state index contributed by atoms with van der Waals surface area (Å²) in [5, 5.41) is 8.83. The molecule has 2 aliphatic heterocycles. The topological polar surface area (TPSA) is 80.1 Å². The summed E-state index contributed by atoms with van der Waals surface area (Å²) >= 11 is 1.40. The van der Waals surface area contributed by atoms with Crippen molar-refractivity contribution in [1.29, 1.82) is 0 Å². The maximum atomic E-state index is 13.2. The van der Waals surface area contributed by atoms with Gasteiger partial charge in [-0.2, -0.15) is 13.2 Å². The number of nitrogens with zero attached hydrogens (tertiary/aromatic N) is 5. The monoisotopic (exact) mass is 645 g/mol. The number of hydrogen-bond donors (Lipinski definition) is 2. The fourth-order valence-electron chi connectivity index (χ4n) is 5.56. The van der Waals surface area contributed by atoms with E-state index in [1.54, 1.807) is 16.9 Å². The van der Waals surface area contributed by atoms with Crippen LogP contribution in [0.3, 0.4) is 0 Å². The molecule has 1 saturated heterocycles. The molecule has 2 aliphatic rings. The van der Waals surface area contributed by atoms with Crippen molar-refractivity contribution >= 4 is 29.3 Å². The second-order valence-corrected chi connectivity index (χ2v) is 13.6. The minimum atomic E-state index is -4.30. The molecule has 0 aromatic carbocycles. The van der Waals surface area contributed by atoms with E-state index in [0.717, 1.165) is 48.0 Å². The average molecular weight is 646 g/mol. The van der Waals surface area contributed by atoms with Gasteiger partial charge in [0.1, 0.15) is 16.7 Å². The SMILES string of the molecule is C=C1NSc2cccc(n2)NC(C)CCC2CN(c3nc(-n4ccc(OCCC(C)(C)C(F)(F)F)n4)ccc31)C(C)(C)C2.CC. The highest BCUT2D eigenvalue weighted by atomic mass is 32.2. The molecule has 0 spiro atoms. The smallest absolute Gasteiger partial charge is 0.394 e. The first-order chi connectivity index (χ1) is 21.2. The summed E-state index contributed by atoms with van der Waals surface area (Å²) in [4.78, 5) is 12.2. The second kappa shape index (κ2) is 13.9. The van der Waals surface area contributed by atoms with Gasteiger partial charge in [0.2, 0.25) is 5.88 Å². The summed E-state index contributed by atoms with van der Waals surface area (Å²) in [6.07, 6.45) is 0.356. The summed E-state index contributed by atoms with van der Waals surface area (Å²) in [6, 6.07) is 11.7. The molecule has 2 unspecified atom stereocenters. The molecule has 0 saturated carbocycles. The Labute approximate surface area is 269 Å². The quantitative estimate of drug-likeness (QED) is 0.268. The molecule has 5 rings (SSSR count). The Morgan fingerprint density at radius 1 is 1.09 bits per heavy atom. The van der Waals surface area contributed by atoms with E-state index in [0.29, 0.717) is 17.4 Å². The minimum Gasteiger partial charge on any atom is -0.477 e. The molecule has 2 atom stereocenters. The van der Waals surface area contributed by atoms with Gasteiger partial charge in [-0.05, 0) is 76.6 Å². The van der Waals surface area contributed by atoms with E-state index in [-0.39, 0.29) is 30.5 Å². The molecule has 4 bridgehead atoms. The Kier molecular flexibility index (Phi) is 10.7. The molecule has 0 radical (unpaired) electrons. The number of ether oxygens (including phenoxy) is 1. The van der Waals surface area contributed by atoms with Crippen LogP contribution in [0.1, 0.15) is 79.7 Å². The lowest BCUT2D eigenvalue weighted by Crippen LogP contribution is -2.39. The van der Waals surface area contributed by atoms with E-state index in [1.807, 2.05) is 44.2 Å². The normalized spacial score (nSPS) is 20.0. The number of rotatable bonds is 5. The molecule has 3 aromatic rings. The van der Waals surface area contributed by atoms with Crippen molar-refractivity contribution in [2.24, 2.45) is 11.3 Å². The van der Waals surface area contributed by atoms with E-state index in [4.69, 9.17) is 14.7 Å². The van der Waals surface area contributed by atoms with Crippen molar-refractivity contribution in [3.05, 3.63) is 54.7 Å². The van der Waals surface area contributed by atoms with Crippen molar-refractivity contribution < 1.29 is 17.9 Å². The van der Waals surface area contributed by atoms with Crippen molar-refractivity contribution in [1.82, 2.24) is 24.5 Å². The van der Waals surface area contributed by atoms with Gasteiger partial charge in [-0.15, -0.1) is 5.10 Å². The second-order valence-electron chi connectivity index (χ2n) is 12.8. The van der Waals surface area contributed by atoms with Crippen LogP contribution in [0, 0.1) is 11.3 Å². The highest BCUT2D eigenvalue weighted by Gasteiger charge is 2.47. The number of alkyl halides is 3. The Hall–Kier alpha value is -3.41. The zero-order chi connectivity index (χ0) is 33.0. The van der Waals surface area contributed by atoms with E-state index in [9.17, 15) is 13.2 Å². The van der Waals surface area contributed by atoms with Gasteiger partial charge in [0.05, 0.1) is 12.0 Å². The Morgan fingerprint density at radius 3 is 2.58 bits per heavy atom. The summed E-state index contributed by atoms with van der Waals surface area (Å²) in [5.41, 5.74) is -0.400. The lowest BCUT2D eigenvalue weighted by atomic mass is 9.89. The lowest BCUT2D eigenvalue weighted by Gasteiger charge is -2.34. The zero-order valence-corrected chi connectivity index (χ0v) is 28.1. The summed E-state index contributed by atoms with van der Waals surface area (Å²) < 4.78 is 50.2. The van der Waals surface area contributed by atoms with Gasteiger partial charge >= 0.3 is 6.18 Å². The molecule has 2 N–H and O–H groups in total. The Morgan fingerprint density at radius 2 is 1.84 bits per heavy atom. The Balaban J connectivity index is 0.00000226. The van der Waals surface area contributed by atoms with E-state index >= 15 is 0 Å². The summed E-state index contributed by atoms with van der Waals surface area (Å²) in [6.45, 7) is 18.1. The van der Waals surface area contributed by atoms with Gasteiger partial charge in [0, 0.05) is 53.6 Å². The standard InChI is InChI=1S/C31H40F3N7OS.C2H6/c1-20-10-11-22-18-30(5,6)40(19-22)28-23(21(2)39-43-27-9-7-8-24(35-20)36-27)12-13-25(37-28)41-16-14-26(38-41)42-17-15-29(3,4)31(32,33)34;1-2/h7-9,12-14,16,20,22,39H,2,10-11,15,17-19H2,1,3-6H3,(H,35,36);1-2H3. The molecule has 8 nitrogen and oxygen atoms in total. The first-order valence-corrected chi connectivity index (χ1v) is 16.4. The van der Waals surface area contributed by atoms with Crippen LogP contribution in [0.4, 0.5) is 24.8 Å². The van der Waals surface area contributed by atoms with Crippen molar-refractivity contribution in [2.75, 3.05) is 23.4 Å². The predicted molar refractivity (Wildman–Crippen MR) is 177 cm³/mol. The molecular weight excluding hydrogens is 599 g/mol. The van der Waals surface area contributed by atoms with Crippen LogP contribution in [-0.4, -0.2) is 50.7 Å². The summed E-state index contributed by atoms with van der Waals surface area (Å²) in [7, 11) is 0. The van der Waals surface area contributed by atoms with Gasteiger partial charge in [0.15, 0.2) is 5.82 Å². The Bertz CT molecular complexity index is 1460. The van der Waals surface area contributed by atoms with Gasteiger partial charge in [-0.25, -0.2) is 14.6 Å². The highest BCUT2D eigenvalue weighted by Crippen LogP contribution is 2.42. The molecule has 0 aliphatic carbocycles. The number of hydrogen-bond acceptors (Lipinski definition) is 8. The van der Waals surface area contributed by atoms with Gasteiger partial charge in [-0.1, -0.05) is 40.3 Å². The maximum absolute atomic E-state index is 13.2. The number of anilines is 2. The first kappa shape index (κ1) is 34.5.